The quantitative estimate of drug-likeness (QED) is 0.661. The number of ether oxygens (including phenoxy) is 2. The summed E-state index contributed by atoms with van der Waals surface area (Å²) in [7, 11) is 0. The maximum Gasteiger partial charge on any atom is 0.130 e. The van der Waals surface area contributed by atoms with Gasteiger partial charge in [0, 0.05) is 12.1 Å². The fraction of sp³-hybridized carbons (Fsp3) is 0.200. The number of hydrogen-bond acceptors (Lipinski definition) is 3. The number of para-hydroxylation sites is 1. The van der Waals surface area contributed by atoms with E-state index in [1.807, 2.05) is 48.5 Å². The summed E-state index contributed by atoms with van der Waals surface area (Å²) in [5.41, 5.74) is 7.67. The minimum Gasteiger partial charge on any atom is -0.457 e. The van der Waals surface area contributed by atoms with E-state index in [2.05, 4.69) is 0 Å². The molecular weight excluding hydrogens is 226 g/mol. The molecule has 1 aliphatic heterocycles. The van der Waals surface area contributed by atoms with Crippen LogP contribution in [-0.2, 0) is 11.2 Å². The zero-order valence-corrected chi connectivity index (χ0v) is 10.0. The molecule has 0 aromatic heterocycles. The second-order valence-electron chi connectivity index (χ2n) is 4.44. The normalized spacial score (nSPS) is 17.4. The van der Waals surface area contributed by atoms with Gasteiger partial charge in [-0.25, -0.2) is 0 Å². The molecule has 0 bridgehead atoms. The fourth-order valence-electron chi connectivity index (χ4n) is 1.91. The molecule has 1 heterocycles. The Morgan fingerprint density at radius 3 is 2.67 bits per heavy atom. The molecule has 1 aliphatic rings. The number of anilines is 1. The highest BCUT2D eigenvalue weighted by molar-refractivity contribution is 5.49. The van der Waals surface area contributed by atoms with E-state index < -0.39 is 0 Å². The SMILES string of the molecule is Nc1ccc(Oc2ccccc2)c(CC2CO2)c1. The van der Waals surface area contributed by atoms with Gasteiger partial charge in [-0.15, -0.1) is 0 Å². The standard InChI is InChI=1S/C15H15NO2/c16-12-6-7-15(11(8-12)9-14-10-17-14)18-13-4-2-1-3-5-13/h1-8,14H,9-10,16H2. The zero-order chi connectivity index (χ0) is 12.4. The second kappa shape index (κ2) is 4.70. The van der Waals surface area contributed by atoms with Crippen LogP contribution in [0.25, 0.3) is 0 Å². The van der Waals surface area contributed by atoms with Crippen LogP contribution in [0.3, 0.4) is 0 Å². The first-order chi connectivity index (χ1) is 8.81. The summed E-state index contributed by atoms with van der Waals surface area (Å²) in [6.07, 6.45) is 1.18. The Labute approximate surface area is 106 Å². The molecule has 3 heteroatoms. The molecular formula is C15H15NO2. The van der Waals surface area contributed by atoms with Gasteiger partial charge in [0.25, 0.3) is 0 Å². The molecule has 0 radical (unpaired) electrons. The highest BCUT2D eigenvalue weighted by Crippen LogP contribution is 2.30. The Bertz CT molecular complexity index is 535. The average molecular weight is 241 g/mol. The van der Waals surface area contributed by atoms with Gasteiger partial charge in [-0.05, 0) is 35.9 Å². The van der Waals surface area contributed by atoms with Crippen LogP contribution < -0.4 is 10.5 Å². The molecule has 18 heavy (non-hydrogen) atoms. The molecule has 2 aromatic rings. The Morgan fingerprint density at radius 1 is 1.17 bits per heavy atom. The molecule has 3 rings (SSSR count). The number of hydrogen-bond donors (Lipinski definition) is 1. The fourth-order valence-corrected chi connectivity index (χ4v) is 1.91. The van der Waals surface area contributed by atoms with Crippen LogP contribution in [0.15, 0.2) is 48.5 Å². The minimum absolute atomic E-state index is 0.324. The topological polar surface area (TPSA) is 47.8 Å². The van der Waals surface area contributed by atoms with Crippen LogP contribution in [0.2, 0.25) is 0 Å². The first kappa shape index (κ1) is 11.1. The molecule has 0 saturated carbocycles. The monoisotopic (exact) mass is 241 g/mol. The zero-order valence-electron chi connectivity index (χ0n) is 10.0. The molecule has 1 fully saturated rings. The predicted octanol–water partition coefficient (Wildman–Crippen LogP) is 3.00. The molecule has 1 unspecified atom stereocenters. The molecule has 0 amide bonds. The largest absolute Gasteiger partial charge is 0.457 e. The summed E-state index contributed by atoms with van der Waals surface area (Å²) in [5, 5.41) is 0. The summed E-state index contributed by atoms with van der Waals surface area (Å²) in [6.45, 7) is 0.833. The van der Waals surface area contributed by atoms with Crippen molar-refractivity contribution >= 4 is 5.69 Å². The number of rotatable bonds is 4. The predicted molar refractivity (Wildman–Crippen MR) is 70.8 cm³/mol. The van der Waals surface area contributed by atoms with Gasteiger partial charge < -0.3 is 15.2 Å². The highest BCUT2D eigenvalue weighted by Gasteiger charge is 2.24. The summed E-state index contributed by atoms with van der Waals surface area (Å²) < 4.78 is 11.1. The third-order valence-electron chi connectivity index (χ3n) is 2.91. The summed E-state index contributed by atoms with van der Waals surface area (Å²) in [6, 6.07) is 15.5. The summed E-state index contributed by atoms with van der Waals surface area (Å²) in [4.78, 5) is 0. The number of nitrogens with two attached hydrogens (primary N) is 1. The van der Waals surface area contributed by atoms with Crippen LogP contribution in [-0.4, -0.2) is 12.7 Å². The Kier molecular flexibility index (Phi) is 2.90. The van der Waals surface area contributed by atoms with Gasteiger partial charge in [-0.2, -0.15) is 0 Å². The van der Waals surface area contributed by atoms with Gasteiger partial charge in [0.2, 0.25) is 0 Å². The van der Waals surface area contributed by atoms with Crippen LogP contribution in [0.5, 0.6) is 11.5 Å². The van der Waals surface area contributed by atoms with Crippen molar-refractivity contribution in [2.45, 2.75) is 12.5 Å². The lowest BCUT2D eigenvalue weighted by molar-refractivity contribution is 0.403. The Balaban J connectivity index is 1.85. The van der Waals surface area contributed by atoms with E-state index in [1.165, 1.54) is 0 Å². The van der Waals surface area contributed by atoms with Crippen molar-refractivity contribution in [2.75, 3.05) is 12.3 Å². The molecule has 0 spiro atoms. The van der Waals surface area contributed by atoms with Crippen molar-refractivity contribution in [2.24, 2.45) is 0 Å². The van der Waals surface area contributed by atoms with Gasteiger partial charge in [0.1, 0.15) is 11.5 Å². The molecule has 3 nitrogen and oxygen atoms in total. The van der Waals surface area contributed by atoms with Crippen molar-refractivity contribution < 1.29 is 9.47 Å². The summed E-state index contributed by atoms with van der Waals surface area (Å²) in [5.74, 6) is 1.69. The van der Waals surface area contributed by atoms with E-state index in [9.17, 15) is 0 Å². The molecule has 2 aromatic carbocycles. The van der Waals surface area contributed by atoms with Gasteiger partial charge in [-0.3, -0.25) is 0 Å². The highest BCUT2D eigenvalue weighted by atomic mass is 16.6. The molecule has 1 saturated heterocycles. The first-order valence-corrected chi connectivity index (χ1v) is 6.04. The molecule has 92 valence electrons. The van der Waals surface area contributed by atoms with Crippen molar-refractivity contribution in [3.05, 3.63) is 54.1 Å². The molecule has 1 atom stereocenters. The van der Waals surface area contributed by atoms with E-state index in [-0.39, 0.29) is 0 Å². The minimum atomic E-state index is 0.324. The Hall–Kier alpha value is -2.00. The van der Waals surface area contributed by atoms with Crippen LogP contribution in [0.4, 0.5) is 5.69 Å². The van der Waals surface area contributed by atoms with Gasteiger partial charge >= 0.3 is 0 Å². The first-order valence-electron chi connectivity index (χ1n) is 6.04. The van der Waals surface area contributed by atoms with E-state index in [0.717, 1.165) is 35.8 Å². The lowest BCUT2D eigenvalue weighted by Gasteiger charge is -2.11. The second-order valence-corrected chi connectivity index (χ2v) is 4.44. The molecule has 0 aliphatic carbocycles. The van der Waals surface area contributed by atoms with E-state index in [4.69, 9.17) is 15.2 Å². The smallest absolute Gasteiger partial charge is 0.130 e. The number of nitrogen functional groups attached to an aromatic ring is 1. The van der Waals surface area contributed by atoms with Crippen LogP contribution >= 0.6 is 0 Å². The Morgan fingerprint density at radius 2 is 1.94 bits per heavy atom. The van der Waals surface area contributed by atoms with Crippen LogP contribution in [0.1, 0.15) is 5.56 Å². The van der Waals surface area contributed by atoms with Gasteiger partial charge in [0.15, 0.2) is 0 Å². The maximum atomic E-state index is 5.88. The van der Waals surface area contributed by atoms with E-state index in [0.29, 0.717) is 6.10 Å². The van der Waals surface area contributed by atoms with Crippen molar-refractivity contribution in [3.63, 3.8) is 0 Å². The van der Waals surface area contributed by atoms with Crippen molar-refractivity contribution in [1.29, 1.82) is 0 Å². The van der Waals surface area contributed by atoms with E-state index in [1.54, 1.807) is 0 Å². The maximum absolute atomic E-state index is 5.88. The van der Waals surface area contributed by atoms with Crippen molar-refractivity contribution in [3.8, 4) is 11.5 Å². The number of epoxide rings is 1. The number of benzene rings is 2. The third-order valence-corrected chi connectivity index (χ3v) is 2.91. The summed E-state index contributed by atoms with van der Waals surface area (Å²) >= 11 is 0. The lowest BCUT2D eigenvalue weighted by atomic mass is 10.1. The van der Waals surface area contributed by atoms with Crippen LogP contribution in [0, 0.1) is 0 Å². The van der Waals surface area contributed by atoms with E-state index >= 15 is 0 Å². The van der Waals surface area contributed by atoms with Gasteiger partial charge in [-0.1, -0.05) is 18.2 Å². The molecule has 2 N–H and O–H groups in total. The lowest BCUT2D eigenvalue weighted by Crippen LogP contribution is -1.98. The van der Waals surface area contributed by atoms with Gasteiger partial charge in [0.05, 0.1) is 12.7 Å². The third kappa shape index (κ3) is 2.63. The average Bonchev–Trinajstić information content (AvgIpc) is 3.18. The van der Waals surface area contributed by atoms with Crippen molar-refractivity contribution in [1.82, 2.24) is 0 Å².